The standard InChI is InChI=1S/C10H20.C9H17N/c1-10(2,3)9-7-5-4-6-8-9;1-9(2,3)8-6-4-10-5-7(6)8/h9H,4-8H2,1-3H3;6-8,10H,4-5H2,1-3H3. The van der Waals surface area contributed by atoms with Crippen LogP contribution < -0.4 is 5.32 Å². The molecule has 1 heteroatoms. The van der Waals surface area contributed by atoms with Gasteiger partial charge < -0.3 is 5.32 Å². The highest BCUT2D eigenvalue weighted by atomic mass is 15.0. The molecule has 0 aromatic rings. The van der Waals surface area contributed by atoms with Crippen LogP contribution in [-0.2, 0) is 0 Å². The van der Waals surface area contributed by atoms with Gasteiger partial charge in [-0.1, -0.05) is 60.8 Å². The van der Waals surface area contributed by atoms with Crippen LogP contribution in [0.1, 0.15) is 73.6 Å². The van der Waals surface area contributed by atoms with Gasteiger partial charge in [-0.3, -0.25) is 0 Å². The van der Waals surface area contributed by atoms with E-state index in [0.717, 1.165) is 23.7 Å². The molecule has 3 rings (SSSR count). The lowest BCUT2D eigenvalue weighted by Gasteiger charge is -2.33. The lowest BCUT2D eigenvalue weighted by molar-refractivity contribution is 0.180. The van der Waals surface area contributed by atoms with Gasteiger partial charge in [0.05, 0.1) is 0 Å². The minimum Gasteiger partial charge on any atom is -0.316 e. The lowest BCUT2D eigenvalue weighted by atomic mass is 9.72. The topological polar surface area (TPSA) is 12.0 Å². The van der Waals surface area contributed by atoms with E-state index in [2.05, 4.69) is 46.9 Å². The van der Waals surface area contributed by atoms with Crippen LogP contribution in [0.25, 0.3) is 0 Å². The van der Waals surface area contributed by atoms with E-state index in [1.807, 2.05) is 0 Å². The number of hydrogen-bond acceptors (Lipinski definition) is 1. The van der Waals surface area contributed by atoms with Gasteiger partial charge in [-0.15, -0.1) is 0 Å². The van der Waals surface area contributed by atoms with E-state index >= 15 is 0 Å². The molecular formula is C19H37N. The van der Waals surface area contributed by atoms with Crippen molar-refractivity contribution in [3.8, 4) is 0 Å². The number of piperidine rings is 1. The van der Waals surface area contributed by atoms with E-state index in [1.165, 1.54) is 45.2 Å². The first-order valence-corrected chi connectivity index (χ1v) is 8.92. The predicted molar refractivity (Wildman–Crippen MR) is 88.8 cm³/mol. The molecule has 0 radical (unpaired) electrons. The summed E-state index contributed by atoms with van der Waals surface area (Å²) in [5.41, 5.74) is 1.14. The third-order valence-corrected chi connectivity index (χ3v) is 5.92. The van der Waals surface area contributed by atoms with Gasteiger partial charge in [0.15, 0.2) is 0 Å². The molecule has 1 saturated heterocycles. The molecule has 0 bridgehead atoms. The van der Waals surface area contributed by atoms with E-state index < -0.39 is 0 Å². The minimum absolute atomic E-state index is 0.567. The Labute approximate surface area is 127 Å². The summed E-state index contributed by atoms with van der Waals surface area (Å²) in [4.78, 5) is 0. The van der Waals surface area contributed by atoms with Gasteiger partial charge in [0, 0.05) is 0 Å². The Bertz CT molecular complexity index is 279. The largest absolute Gasteiger partial charge is 0.316 e. The maximum atomic E-state index is 3.42. The van der Waals surface area contributed by atoms with Crippen molar-refractivity contribution >= 4 is 0 Å². The highest BCUT2D eigenvalue weighted by molar-refractivity contribution is 5.07. The fourth-order valence-electron chi connectivity index (χ4n) is 4.67. The first-order chi connectivity index (χ1) is 9.21. The van der Waals surface area contributed by atoms with Gasteiger partial charge in [-0.05, 0) is 60.4 Å². The summed E-state index contributed by atoms with van der Waals surface area (Å²) in [6, 6.07) is 0. The van der Waals surface area contributed by atoms with Crippen LogP contribution in [0.15, 0.2) is 0 Å². The highest BCUT2D eigenvalue weighted by Gasteiger charge is 2.57. The summed E-state index contributed by atoms with van der Waals surface area (Å²) in [5, 5.41) is 3.42. The van der Waals surface area contributed by atoms with Gasteiger partial charge in [0.25, 0.3) is 0 Å². The Morgan fingerprint density at radius 3 is 1.50 bits per heavy atom. The van der Waals surface area contributed by atoms with Crippen molar-refractivity contribution in [2.45, 2.75) is 73.6 Å². The average molecular weight is 280 g/mol. The Balaban J connectivity index is 0.000000147. The summed E-state index contributed by atoms with van der Waals surface area (Å²) in [6.07, 6.45) is 7.38. The Morgan fingerprint density at radius 2 is 1.20 bits per heavy atom. The second-order valence-corrected chi connectivity index (χ2v) is 9.58. The quantitative estimate of drug-likeness (QED) is 0.649. The Hall–Kier alpha value is -0.0400. The second-order valence-electron chi connectivity index (χ2n) is 9.58. The third kappa shape index (κ3) is 4.00. The molecule has 1 aliphatic heterocycles. The predicted octanol–water partition coefficient (Wildman–Crippen LogP) is 5.11. The molecule has 1 nitrogen and oxygen atoms in total. The summed E-state index contributed by atoms with van der Waals surface area (Å²) in [6.45, 7) is 16.8. The number of rotatable bonds is 0. The normalized spacial score (nSPS) is 34.2. The molecule has 1 heterocycles. The molecule has 0 spiro atoms. The molecular weight excluding hydrogens is 242 g/mol. The van der Waals surface area contributed by atoms with Crippen molar-refractivity contribution in [1.82, 2.24) is 5.32 Å². The van der Waals surface area contributed by atoms with Gasteiger partial charge in [-0.25, -0.2) is 0 Å². The SMILES string of the molecule is CC(C)(C)C1C2CNCC21.CC(C)(C)C1CCCCC1. The van der Waals surface area contributed by atoms with Crippen molar-refractivity contribution in [2.24, 2.45) is 34.5 Å². The minimum atomic E-state index is 0.567. The van der Waals surface area contributed by atoms with Gasteiger partial charge >= 0.3 is 0 Å². The average Bonchev–Trinajstić information content (AvgIpc) is 2.87. The first kappa shape index (κ1) is 16.3. The number of hydrogen-bond donors (Lipinski definition) is 1. The summed E-state index contributed by atoms with van der Waals surface area (Å²) < 4.78 is 0. The summed E-state index contributed by atoms with van der Waals surface area (Å²) in [5.74, 6) is 4.08. The van der Waals surface area contributed by atoms with Crippen LogP contribution in [-0.4, -0.2) is 13.1 Å². The molecule has 0 aromatic carbocycles. The van der Waals surface area contributed by atoms with Crippen LogP contribution in [0.5, 0.6) is 0 Å². The molecule has 3 aliphatic rings. The number of fused-ring (bicyclic) bond motifs is 1. The molecule has 2 aliphatic carbocycles. The van der Waals surface area contributed by atoms with Gasteiger partial charge in [-0.2, -0.15) is 0 Å². The van der Waals surface area contributed by atoms with Crippen molar-refractivity contribution in [2.75, 3.05) is 13.1 Å². The van der Waals surface area contributed by atoms with E-state index in [1.54, 1.807) is 0 Å². The van der Waals surface area contributed by atoms with Crippen LogP contribution in [0.2, 0.25) is 0 Å². The summed E-state index contributed by atoms with van der Waals surface area (Å²) in [7, 11) is 0. The van der Waals surface area contributed by atoms with Crippen molar-refractivity contribution < 1.29 is 0 Å². The maximum absolute atomic E-state index is 3.42. The van der Waals surface area contributed by atoms with E-state index in [0.29, 0.717) is 10.8 Å². The molecule has 1 N–H and O–H groups in total. The smallest absolute Gasteiger partial charge is 0.00142 e. The van der Waals surface area contributed by atoms with Crippen LogP contribution in [0.4, 0.5) is 0 Å². The zero-order chi connectivity index (χ0) is 15.0. The fourth-order valence-corrected chi connectivity index (χ4v) is 4.67. The van der Waals surface area contributed by atoms with Crippen LogP contribution in [0, 0.1) is 34.5 Å². The van der Waals surface area contributed by atoms with Crippen molar-refractivity contribution in [1.29, 1.82) is 0 Å². The summed E-state index contributed by atoms with van der Waals surface area (Å²) >= 11 is 0. The molecule has 2 atom stereocenters. The lowest BCUT2D eigenvalue weighted by Crippen LogP contribution is -2.22. The molecule has 2 unspecified atom stereocenters. The molecule has 3 fully saturated rings. The van der Waals surface area contributed by atoms with Gasteiger partial charge in [0.1, 0.15) is 0 Å². The Kier molecular flexibility index (Phi) is 4.89. The molecule has 20 heavy (non-hydrogen) atoms. The van der Waals surface area contributed by atoms with Crippen LogP contribution >= 0.6 is 0 Å². The van der Waals surface area contributed by atoms with Crippen LogP contribution in [0.3, 0.4) is 0 Å². The fraction of sp³-hybridized carbons (Fsp3) is 1.00. The maximum Gasteiger partial charge on any atom is -0.00142 e. The zero-order valence-corrected chi connectivity index (χ0v) is 14.8. The van der Waals surface area contributed by atoms with Crippen molar-refractivity contribution in [3.63, 3.8) is 0 Å². The molecule has 0 aromatic heterocycles. The third-order valence-electron chi connectivity index (χ3n) is 5.92. The molecule has 0 amide bonds. The number of nitrogens with one attached hydrogen (secondary N) is 1. The van der Waals surface area contributed by atoms with E-state index in [9.17, 15) is 0 Å². The van der Waals surface area contributed by atoms with E-state index in [4.69, 9.17) is 0 Å². The Morgan fingerprint density at radius 1 is 0.700 bits per heavy atom. The zero-order valence-electron chi connectivity index (χ0n) is 14.8. The van der Waals surface area contributed by atoms with Crippen molar-refractivity contribution in [3.05, 3.63) is 0 Å². The molecule has 2 saturated carbocycles. The first-order valence-electron chi connectivity index (χ1n) is 8.92. The second kappa shape index (κ2) is 5.99. The van der Waals surface area contributed by atoms with E-state index in [-0.39, 0.29) is 0 Å². The van der Waals surface area contributed by atoms with Gasteiger partial charge in [0.2, 0.25) is 0 Å². The monoisotopic (exact) mass is 279 g/mol. The highest BCUT2D eigenvalue weighted by Crippen LogP contribution is 2.57. The molecule has 118 valence electrons.